The maximum atomic E-state index is 12.4. The minimum absolute atomic E-state index is 0.193. The molecule has 21 heavy (non-hydrogen) atoms. The first-order valence-corrected chi connectivity index (χ1v) is 7.42. The van der Waals surface area contributed by atoms with Crippen molar-refractivity contribution < 1.29 is 4.79 Å². The number of aromatic nitrogens is 2. The standard InChI is InChI=1S/C14H15BrN4OS/c1-7-12(8(2)19(3)18-7)14(20)17-11-5-4-9(13(16)21)6-10(11)15/h4-6H,1-3H3,(H2,16,21)(H,17,20). The lowest BCUT2D eigenvalue weighted by Crippen LogP contribution is -2.15. The number of thiocarbonyl (C=S) groups is 1. The number of nitrogens with zero attached hydrogens (tertiary/aromatic N) is 2. The number of nitrogens with two attached hydrogens (primary N) is 1. The highest BCUT2D eigenvalue weighted by Crippen LogP contribution is 2.25. The fraction of sp³-hybridized carbons (Fsp3) is 0.214. The maximum absolute atomic E-state index is 12.4. The Hall–Kier alpha value is -1.73. The zero-order valence-electron chi connectivity index (χ0n) is 11.9. The van der Waals surface area contributed by atoms with E-state index < -0.39 is 0 Å². The first kappa shape index (κ1) is 15.7. The van der Waals surface area contributed by atoms with E-state index in [9.17, 15) is 4.79 Å². The highest BCUT2D eigenvalue weighted by Gasteiger charge is 2.18. The van der Waals surface area contributed by atoms with Crippen LogP contribution >= 0.6 is 28.1 Å². The van der Waals surface area contributed by atoms with Gasteiger partial charge >= 0.3 is 0 Å². The van der Waals surface area contributed by atoms with Crippen LogP contribution < -0.4 is 11.1 Å². The van der Waals surface area contributed by atoms with Gasteiger partial charge in [-0.05, 0) is 48.0 Å². The molecule has 1 aromatic heterocycles. The first-order chi connectivity index (χ1) is 9.81. The number of carbonyl (C=O) groups excluding carboxylic acids is 1. The molecular weight excluding hydrogens is 352 g/mol. The van der Waals surface area contributed by atoms with Gasteiger partial charge < -0.3 is 11.1 Å². The van der Waals surface area contributed by atoms with Crippen LogP contribution in [-0.4, -0.2) is 20.7 Å². The van der Waals surface area contributed by atoms with Crippen molar-refractivity contribution >= 4 is 44.7 Å². The molecule has 5 nitrogen and oxygen atoms in total. The molecule has 0 saturated carbocycles. The van der Waals surface area contributed by atoms with Crippen molar-refractivity contribution in [3.8, 4) is 0 Å². The summed E-state index contributed by atoms with van der Waals surface area (Å²) in [5.41, 5.74) is 9.08. The van der Waals surface area contributed by atoms with E-state index in [0.717, 1.165) is 15.7 Å². The van der Waals surface area contributed by atoms with Crippen LogP contribution in [0.3, 0.4) is 0 Å². The van der Waals surface area contributed by atoms with Crippen LogP contribution in [0.1, 0.15) is 27.3 Å². The minimum Gasteiger partial charge on any atom is -0.389 e. The normalized spacial score (nSPS) is 10.5. The quantitative estimate of drug-likeness (QED) is 0.819. The smallest absolute Gasteiger partial charge is 0.259 e. The van der Waals surface area contributed by atoms with Gasteiger partial charge in [0, 0.05) is 22.8 Å². The number of carbonyl (C=O) groups is 1. The molecule has 0 saturated heterocycles. The van der Waals surface area contributed by atoms with E-state index in [2.05, 4.69) is 26.3 Å². The number of benzene rings is 1. The average Bonchev–Trinajstić information content (AvgIpc) is 2.65. The van der Waals surface area contributed by atoms with Crippen molar-refractivity contribution in [3.63, 3.8) is 0 Å². The lowest BCUT2D eigenvalue weighted by atomic mass is 10.1. The third-order valence-corrected chi connectivity index (χ3v) is 4.13. The Kier molecular flexibility index (Phi) is 4.43. The third-order valence-electron chi connectivity index (χ3n) is 3.24. The van der Waals surface area contributed by atoms with Gasteiger partial charge in [-0.1, -0.05) is 12.2 Å². The number of rotatable bonds is 3. The van der Waals surface area contributed by atoms with Crippen LogP contribution in [-0.2, 0) is 7.05 Å². The lowest BCUT2D eigenvalue weighted by Gasteiger charge is -2.09. The predicted octanol–water partition coefficient (Wildman–Crippen LogP) is 2.69. The maximum Gasteiger partial charge on any atom is 0.259 e. The van der Waals surface area contributed by atoms with Gasteiger partial charge in [0.2, 0.25) is 0 Å². The van der Waals surface area contributed by atoms with Gasteiger partial charge in [-0.2, -0.15) is 5.10 Å². The van der Waals surface area contributed by atoms with Gasteiger partial charge in [0.25, 0.3) is 5.91 Å². The van der Waals surface area contributed by atoms with Crippen molar-refractivity contribution in [1.82, 2.24) is 9.78 Å². The highest BCUT2D eigenvalue weighted by molar-refractivity contribution is 9.10. The van der Waals surface area contributed by atoms with Gasteiger partial charge in [0.05, 0.1) is 16.9 Å². The van der Waals surface area contributed by atoms with E-state index in [0.29, 0.717) is 21.9 Å². The van der Waals surface area contributed by atoms with Gasteiger partial charge in [0.1, 0.15) is 4.99 Å². The number of hydrogen-bond acceptors (Lipinski definition) is 3. The van der Waals surface area contributed by atoms with Gasteiger partial charge in [0.15, 0.2) is 0 Å². The first-order valence-electron chi connectivity index (χ1n) is 6.22. The molecule has 0 aliphatic carbocycles. The number of anilines is 1. The molecule has 0 aliphatic heterocycles. The lowest BCUT2D eigenvalue weighted by molar-refractivity contribution is 0.102. The summed E-state index contributed by atoms with van der Waals surface area (Å²) < 4.78 is 2.41. The van der Waals surface area contributed by atoms with Crippen LogP contribution in [0.2, 0.25) is 0 Å². The van der Waals surface area contributed by atoms with Crippen LogP contribution in [0.5, 0.6) is 0 Å². The van der Waals surface area contributed by atoms with Crippen molar-refractivity contribution in [2.45, 2.75) is 13.8 Å². The molecule has 2 rings (SSSR count). The second-order valence-corrected chi connectivity index (χ2v) is 5.98. The number of halogens is 1. The molecule has 0 fully saturated rings. The van der Waals surface area contributed by atoms with E-state index in [1.165, 1.54) is 0 Å². The summed E-state index contributed by atoms with van der Waals surface area (Å²) in [6, 6.07) is 5.31. The van der Waals surface area contributed by atoms with Crippen LogP contribution in [0.25, 0.3) is 0 Å². The molecule has 0 radical (unpaired) electrons. The van der Waals surface area contributed by atoms with E-state index in [-0.39, 0.29) is 5.91 Å². The Bertz CT molecular complexity index is 739. The Balaban J connectivity index is 2.30. The van der Waals surface area contributed by atoms with Crippen molar-refractivity contribution in [2.75, 3.05) is 5.32 Å². The Labute approximate surface area is 136 Å². The topological polar surface area (TPSA) is 72.9 Å². The third kappa shape index (κ3) is 3.14. The molecule has 0 atom stereocenters. The zero-order chi connectivity index (χ0) is 15.7. The molecular formula is C14H15BrN4OS. The SMILES string of the molecule is Cc1nn(C)c(C)c1C(=O)Nc1ccc(C(N)=S)cc1Br. The fourth-order valence-corrected chi connectivity index (χ4v) is 2.66. The number of nitrogens with one attached hydrogen (secondary N) is 1. The molecule has 7 heteroatoms. The Morgan fingerprint density at radius 1 is 1.43 bits per heavy atom. The van der Waals surface area contributed by atoms with Gasteiger partial charge in [-0.3, -0.25) is 9.48 Å². The number of hydrogen-bond donors (Lipinski definition) is 2. The van der Waals surface area contributed by atoms with Crippen LogP contribution in [0.4, 0.5) is 5.69 Å². The summed E-state index contributed by atoms with van der Waals surface area (Å²) in [6.07, 6.45) is 0. The Morgan fingerprint density at radius 2 is 2.10 bits per heavy atom. The molecule has 0 spiro atoms. The van der Waals surface area contributed by atoms with Crippen molar-refractivity contribution in [2.24, 2.45) is 12.8 Å². The molecule has 3 N–H and O–H groups in total. The monoisotopic (exact) mass is 366 g/mol. The minimum atomic E-state index is -0.193. The highest BCUT2D eigenvalue weighted by atomic mass is 79.9. The summed E-state index contributed by atoms with van der Waals surface area (Å²) in [5, 5.41) is 7.11. The van der Waals surface area contributed by atoms with Gasteiger partial charge in [-0.15, -0.1) is 0 Å². The zero-order valence-corrected chi connectivity index (χ0v) is 14.3. The molecule has 1 amide bonds. The molecule has 1 heterocycles. The number of aryl methyl sites for hydroxylation is 2. The largest absolute Gasteiger partial charge is 0.389 e. The van der Waals surface area contributed by atoms with Crippen molar-refractivity contribution in [3.05, 3.63) is 45.2 Å². The summed E-state index contributed by atoms with van der Waals surface area (Å²) >= 11 is 8.33. The summed E-state index contributed by atoms with van der Waals surface area (Å²) in [4.78, 5) is 12.7. The summed E-state index contributed by atoms with van der Waals surface area (Å²) in [6.45, 7) is 3.67. The van der Waals surface area contributed by atoms with Crippen LogP contribution in [0.15, 0.2) is 22.7 Å². The van der Waals surface area contributed by atoms with E-state index >= 15 is 0 Å². The fourth-order valence-electron chi connectivity index (χ4n) is 2.06. The molecule has 1 aromatic carbocycles. The van der Waals surface area contributed by atoms with E-state index in [1.54, 1.807) is 22.9 Å². The van der Waals surface area contributed by atoms with E-state index in [4.69, 9.17) is 18.0 Å². The van der Waals surface area contributed by atoms with Crippen molar-refractivity contribution in [1.29, 1.82) is 0 Å². The number of amides is 1. The predicted molar refractivity (Wildman–Crippen MR) is 90.7 cm³/mol. The molecule has 2 aromatic rings. The second kappa shape index (κ2) is 5.95. The summed E-state index contributed by atoms with van der Waals surface area (Å²) in [7, 11) is 1.81. The molecule has 0 unspecified atom stereocenters. The molecule has 110 valence electrons. The van der Waals surface area contributed by atoms with Gasteiger partial charge in [-0.25, -0.2) is 0 Å². The average molecular weight is 367 g/mol. The van der Waals surface area contributed by atoms with Crippen LogP contribution in [0, 0.1) is 13.8 Å². The molecule has 0 bridgehead atoms. The Morgan fingerprint density at radius 3 is 2.57 bits per heavy atom. The second-order valence-electron chi connectivity index (χ2n) is 4.68. The van der Waals surface area contributed by atoms with E-state index in [1.807, 2.05) is 20.9 Å². The molecule has 0 aliphatic rings. The summed E-state index contributed by atoms with van der Waals surface area (Å²) in [5.74, 6) is -0.193.